The monoisotopic (exact) mass is 300 g/mol. The van der Waals surface area contributed by atoms with Gasteiger partial charge in [0.1, 0.15) is 5.82 Å². The molecule has 0 amide bonds. The number of halogens is 3. The Morgan fingerprint density at radius 2 is 1.86 bits per heavy atom. The molecule has 0 saturated carbocycles. The summed E-state index contributed by atoms with van der Waals surface area (Å²) < 4.78 is 43.0. The van der Waals surface area contributed by atoms with Gasteiger partial charge in [-0.15, -0.1) is 0 Å². The molecule has 1 atom stereocenters. The normalized spacial score (nSPS) is 24.5. The highest BCUT2D eigenvalue weighted by atomic mass is 19.4. The first-order valence-corrected chi connectivity index (χ1v) is 7.40. The van der Waals surface area contributed by atoms with E-state index in [-0.39, 0.29) is 0 Å². The third kappa shape index (κ3) is 3.31. The zero-order valence-corrected chi connectivity index (χ0v) is 11.8. The lowest BCUT2D eigenvalue weighted by Crippen LogP contribution is -2.27. The smallest absolute Gasteiger partial charge is 0.381 e. The van der Waals surface area contributed by atoms with E-state index in [1.807, 2.05) is 0 Å². The molecule has 116 valence electrons. The van der Waals surface area contributed by atoms with Gasteiger partial charge in [-0.2, -0.15) is 13.2 Å². The molecule has 3 nitrogen and oxygen atoms in total. The number of ether oxygens (including phenoxy) is 1. The number of nitrogens with zero attached hydrogens (tertiary/aromatic N) is 2. The maximum absolute atomic E-state index is 12.5. The van der Waals surface area contributed by atoms with Crippen LogP contribution < -0.4 is 4.90 Å². The Bertz CT molecular complexity index is 469. The van der Waals surface area contributed by atoms with Gasteiger partial charge in [-0.1, -0.05) is 0 Å². The number of hydrogen-bond acceptors (Lipinski definition) is 3. The molecule has 2 aliphatic rings. The molecule has 0 radical (unpaired) electrons. The fraction of sp³-hybridized carbons (Fsp3) is 0.667. The van der Waals surface area contributed by atoms with Crippen LogP contribution in [0.15, 0.2) is 18.3 Å². The Labute approximate surface area is 122 Å². The predicted molar refractivity (Wildman–Crippen MR) is 73.1 cm³/mol. The van der Waals surface area contributed by atoms with Crippen LogP contribution in [0.2, 0.25) is 0 Å². The van der Waals surface area contributed by atoms with Crippen molar-refractivity contribution in [2.24, 2.45) is 11.8 Å². The molecule has 0 aliphatic carbocycles. The third-order valence-corrected chi connectivity index (χ3v) is 4.56. The van der Waals surface area contributed by atoms with Gasteiger partial charge in [0.2, 0.25) is 0 Å². The SMILES string of the molecule is FC(F)(F)c1ccc(N2CC[C@@H](C3CCOCC3)C2)nc1. The van der Waals surface area contributed by atoms with Gasteiger partial charge in [0.05, 0.1) is 5.56 Å². The van der Waals surface area contributed by atoms with Crippen LogP contribution in [0.3, 0.4) is 0 Å². The number of rotatable bonds is 2. The van der Waals surface area contributed by atoms with Gasteiger partial charge in [0, 0.05) is 32.5 Å². The molecule has 3 rings (SSSR count). The van der Waals surface area contributed by atoms with E-state index >= 15 is 0 Å². The molecule has 2 aliphatic heterocycles. The molecule has 2 fully saturated rings. The van der Waals surface area contributed by atoms with E-state index in [9.17, 15) is 13.2 Å². The number of alkyl halides is 3. The average molecular weight is 300 g/mol. The molecule has 0 bridgehead atoms. The van der Waals surface area contributed by atoms with Crippen molar-refractivity contribution >= 4 is 5.82 Å². The largest absolute Gasteiger partial charge is 0.417 e. The van der Waals surface area contributed by atoms with Crippen molar-refractivity contribution in [3.63, 3.8) is 0 Å². The maximum atomic E-state index is 12.5. The third-order valence-electron chi connectivity index (χ3n) is 4.56. The molecule has 1 aromatic rings. The van der Waals surface area contributed by atoms with Gasteiger partial charge in [0.25, 0.3) is 0 Å². The van der Waals surface area contributed by atoms with E-state index in [1.54, 1.807) is 0 Å². The molecule has 6 heteroatoms. The van der Waals surface area contributed by atoms with Crippen molar-refractivity contribution in [2.75, 3.05) is 31.2 Å². The van der Waals surface area contributed by atoms with Crippen LogP contribution in [0.5, 0.6) is 0 Å². The van der Waals surface area contributed by atoms with Crippen LogP contribution in [0.1, 0.15) is 24.8 Å². The fourth-order valence-corrected chi connectivity index (χ4v) is 3.31. The Balaban J connectivity index is 1.63. The number of hydrogen-bond donors (Lipinski definition) is 0. The molecule has 2 saturated heterocycles. The first kappa shape index (κ1) is 14.6. The zero-order valence-electron chi connectivity index (χ0n) is 11.8. The van der Waals surface area contributed by atoms with Gasteiger partial charge < -0.3 is 9.64 Å². The zero-order chi connectivity index (χ0) is 14.9. The second kappa shape index (κ2) is 5.83. The van der Waals surface area contributed by atoms with Crippen molar-refractivity contribution in [3.8, 4) is 0 Å². The fourth-order valence-electron chi connectivity index (χ4n) is 3.31. The molecular formula is C15H19F3N2O. The quantitative estimate of drug-likeness (QED) is 0.837. The van der Waals surface area contributed by atoms with Gasteiger partial charge in [-0.25, -0.2) is 4.98 Å². The molecular weight excluding hydrogens is 281 g/mol. The van der Waals surface area contributed by atoms with E-state index in [1.165, 1.54) is 6.07 Å². The van der Waals surface area contributed by atoms with Crippen molar-refractivity contribution in [3.05, 3.63) is 23.9 Å². The summed E-state index contributed by atoms with van der Waals surface area (Å²) in [6.07, 6.45) is -0.108. The molecule has 1 aromatic heterocycles. The second-order valence-corrected chi connectivity index (χ2v) is 5.85. The molecule has 3 heterocycles. The van der Waals surface area contributed by atoms with Crippen LogP contribution in [0, 0.1) is 11.8 Å². The Morgan fingerprint density at radius 3 is 2.48 bits per heavy atom. The van der Waals surface area contributed by atoms with Crippen molar-refractivity contribution in [1.82, 2.24) is 4.98 Å². The van der Waals surface area contributed by atoms with E-state index in [2.05, 4.69) is 9.88 Å². The highest BCUT2D eigenvalue weighted by molar-refractivity contribution is 5.41. The van der Waals surface area contributed by atoms with Crippen LogP contribution in [0.25, 0.3) is 0 Å². The minimum Gasteiger partial charge on any atom is -0.381 e. The minimum absolute atomic E-state index is 0.609. The van der Waals surface area contributed by atoms with E-state index in [0.29, 0.717) is 17.7 Å². The van der Waals surface area contributed by atoms with Crippen LogP contribution in [-0.4, -0.2) is 31.3 Å². The molecule has 0 N–H and O–H groups in total. The molecule has 0 spiro atoms. The van der Waals surface area contributed by atoms with Crippen LogP contribution in [0.4, 0.5) is 19.0 Å². The summed E-state index contributed by atoms with van der Waals surface area (Å²) in [5.74, 6) is 1.94. The summed E-state index contributed by atoms with van der Waals surface area (Å²) in [4.78, 5) is 6.09. The van der Waals surface area contributed by atoms with Gasteiger partial charge in [0.15, 0.2) is 0 Å². The maximum Gasteiger partial charge on any atom is 0.417 e. The van der Waals surface area contributed by atoms with Gasteiger partial charge in [-0.3, -0.25) is 0 Å². The van der Waals surface area contributed by atoms with E-state index in [4.69, 9.17) is 4.74 Å². The highest BCUT2D eigenvalue weighted by Crippen LogP contribution is 2.34. The van der Waals surface area contributed by atoms with Gasteiger partial charge >= 0.3 is 6.18 Å². The summed E-state index contributed by atoms with van der Waals surface area (Å²) in [7, 11) is 0. The van der Waals surface area contributed by atoms with E-state index < -0.39 is 11.7 Å². The first-order valence-electron chi connectivity index (χ1n) is 7.40. The van der Waals surface area contributed by atoms with Crippen molar-refractivity contribution < 1.29 is 17.9 Å². The standard InChI is InChI=1S/C15H19F3N2O/c16-15(17,18)13-1-2-14(19-9-13)20-6-3-12(10-20)11-4-7-21-8-5-11/h1-2,9,11-12H,3-8,10H2/t12-/m1/s1. The summed E-state index contributed by atoms with van der Waals surface area (Å²) in [6, 6.07) is 2.60. The van der Waals surface area contributed by atoms with E-state index in [0.717, 1.165) is 57.8 Å². The lowest BCUT2D eigenvalue weighted by molar-refractivity contribution is -0.137. The second-order valence-electron chi connectivity index (χ2n) is 5.85. The predicted octanol–water partition coefficient (Wildman–Crippen LogP) is 3.35. The average Bonchev–Trinajstić information content (AvgIpc) is 2.97. The summed E-state index contributed by atoms with van der Waals surface area (Å²) in [5.41, 5.74) is -0.688. The molecule has 0 aromatic carbocycles. The van der Waals surface area contributed by atoms with Crippen molar-refractivity contribution in [2.45, 2.75) is 25.4 Å². The Kier molecular flexibility index (Phi) is 4.06. The topological polar surface area (TPSA) is 25.4 Å². The Hall–Kier alpha value is -1.30. The van der Waals surface area contributed by atoms with Crippen LogP contribution in [-0.2, 0) is 10.9 Å². The Morgan fingerprint density at radius 1 is 1.10 bits per heavy atom. The molecule has 21 heavy (non-hydrogen) atoms. The summed E-state index contributed by atoms with van der Waals surface area (Å²) in [5, 5.41) is 0. The lowest BCUT2D eigenvalue weighted by Gasteiger charge is -2.27. The number of aromatic nitrogens is 1. The lowest BCUT2D eigenvalue weighted by atomic mass is 9.85. The number of anilines is 1. The first-order chi connectivity index (χ1) is 10.0. The van der Waals surface area contributed by atoms with Crippen molar-refractivity contribution in [1.29, 1.82) is 0 Å². The summed E-state index contributed by atoms with van der Waals surface area (Å²) in [6.45, 7) is 3.43. The van der Waals surface area contributed by atoms with Crippen LogP contribution >= 0.6 is 0 Å². The van der Waals surface area contributed by atoms with Gasteiger partial charge in [-0.05, 0) is 43.2 Å². The minimum atomic E-state index is -4.32. The number of pyridine rings is 1. The summed E-state index contributed by atoms with van der Waals surface area (Å²) >= 11 is 0. The highest BCUT2D eigenvalue weighted by Gasteiger charge is 2.33. The molecule has 0 unspecified atom stereocenters.